The van der Waals surface area contributed by atoms with Gasteiger partial charge in [-0.05, 0) is 68.4 Å². The van der Waals surface area contributed by atoms with Crippen LogP contribution in [0.4, 0.5) is 5.69 Å². The van der Waals surface area contributed by atoms with Crippen molar-refractivity contribution in [3.05, 3.63) is 42.0 Å². The minimum Gasteiger partial charge on any atom is -0.493 e. The molecule has 1 aromatic heterocycles. The van der Waals surface area contributed by atoms with Crippen LogP contribution in [0.3, 0.4) is 0 Å². The van der Waals surface area contributed by atoms with E-state index in [0.29, 0.717) is 12.0 Å². The van der Waals surface area contributed by atoms with Gasteiger partial charge in [0.1, 0.15) is 0 Å². The summed E-state index contributed by atoms with van der Waals surface area (Å²) in [6, 6.07) is 13.6. The fraction of sp³-hybridized carbons (Fsp3) is 0.440. The molecule has 0 amide bonds. The normalized spacial score (nSPS) is 16.8. The molecule has 4 rings (SSSR count). The zero-order valence-corrected chi connectivity index (χ0v) is 19.0. The molecule has 0 bridgehead atoms. The Kier molecular flexibility index (Phi) is 5.65. The first-order chi connectivity index (χ1) is 14.4. The maximum Gasteiger partial charge on any atom is 0.161 e. The minimum atomic E-state index is 0.394. The van der Waals surface area contributed by atoms with E-state index in [1.54, 1.807) is 14.2 Å². The number of benzene rings is 2. The molecule has 0 saturated carbocycles. The topological polar surface area (TPSA) is 40.7 Å². The molecule has 1 saturated heterocycles. The molecule has 1 aliphatic heterocycles. The monoisotopic (exact) mass is 407 g/mol. The number of methoxy groups -OCH3 is 2. The third kappa shape index (κ3) is 3.63. The maximum atomic E-state index is 5.54. The van der Waals surface area contributed by atoms with Crippen molar-refractivity contribution >= 4 is 16.6 Å². The first-order valence-corrected chi connectivity index (χ1v) is 10.7. The van der Waals surface area contributed by atoms with Gasteiger partial charge in [-0.1, -0.05) is 13.8 Å². The molecule has 0 radical (unpaired) electrons. The molecule has 30 heavy (non-hydrogen) atoms. The highest BCUT2D eigenvalue weighted by molar-refractivity contribution is 5.94. The van der Waals surface area contributed by atoms with Crippen molar-refractivity contribution in [3.63, 3.8) is 0 Å². The molecule has 5 nitrogen and oxygen atoms in total. The number of aromatic nitrogens is 1. The van der Waals surface area contributed by atoms with Gasteiger partial charge in [0, 0.05) is 41.3 Å². The molecule has 3 aromatic rings. The number of anilines is 1. The Morgan fingerprint density at radius 1 is 1.03 bits per heavy atom. The highest BCUT2D eigenvalue weighted by Crippen LogP contribution is 2.40. The Bertz CT molecular complexity index is 1040. The smallest absolute Gasteiger partial charge is 0.161 e. The van der Waals surface area contributed by atoms with Gasteiger partial charge < -0.3 is 24.3 Å². The summed E-state index contributed by atoms with van der Waals surface area (Å²) in [4.78, 5) is 8.52. The van der Waals surface area contributed by atoms with Crippen LogP contribution in [0.5, 0.6) is 11.5 Å². The van der Waals surface area contributed by atoms with Gasteiger partial charge >= 0.3 is 0 Å². The Labute approximate surface area is 179 Å². The average Bonchev–Trinajstić information content (AvgIpc) is 3.37. The number of nitrogens with one attached hydrogen (secondary N) is 1. The van der Waals surface area contributed by atoms with Gasteiger partial charge in [0.25, 0.3) is 0 Å². The molecule has 0 aliphatic carbocycles. The molecule has 1 atom stereocenters. The van der Waals surface area contributed by atoms with Gasteiger partial charge in [-0.2, -0.15) is 0 Å². The van der Waals surface area contributed by atoms with Gasteiger partial charge in [0.2, 0.25) is 0 Å². The second-order valence-corrected chi connectivity index (χ2v) is 8.72. The summed E-state index contributed by atoms with van der Waals surface area (Å²) in [6.07, 6.45) is 1.21. The second kappa shape index (κ2) is 8.23. The number of nitrogens with zero attached hydrogens (tertiary/aromatic N) is 2. The first kappa shape index (κ1) is 20.6. The Morgan fingerprint density at radius 2 is 1.80 bits per heavy atom. The quantitative estimate of drug-likeness (QED) is 0.616. The van der Waals surface area contributed by atoms with Crippen molar-refractivity contribution in [2.75, 3.05) is 46.3 Å². The molecule has 160 valence electrons. The fourth-order valence-electron chi connectivity index (χ4n) is 4.61. The van der Waals surface area contributed by atoms with Gasteiger partial charge in [-0.25, -0.2) is 0 Å². The third-order valence-electron chi connectivity index (χ3n) is 6.33. The largest absolute Gasteiger partial charge is 0.493 e. The predicted octanol–water partition coefficient (Wildman–Crippen LogP) is 5.12. The summed E-state index contributed by atoms with van der Waals surface area (Å²) >= 11 is 0. The Morgan fingerprint density at radius 3 is 2.43 bits per heavy atom. The van der Waals surface area contributed by atoms with Gasteiger partial charge in [0.15, 0.2) is 11.5 Å². The lowest BCUT2D eigenvalue weighted by Crippen LogP contribution is -2.31. The van der Waals surface area contributed by atoms with Gasteiger partial charge in [-0.15, -0.1) is 0 Å². The van der Waals surface area contributed by atoms with Crippen molar-refractivity contribution in [1.82, 2.24) is 9.88 Å². The molecular formula is C25H33N3O2. The highest BCUT2D eigenvalue weighted by Gasteiger charge is 2.25. The number of H-pyrrole nitrogens is 1. The van der Waals surface area contributed by atoms with Gasteiger partial charge in [0.05, 0.1) is 19.9 Å². The van der Waals surface area contributed by atoms with Crippen molar-refractivity contribution in [3.8, 4) is 22.8 Å². The minimum absolute atomic E-state index is 0.394. The summed E-state index contributed by atoms with van der Waals surface area (Å²) in [5, 5.41) is 1.31. The summed E-state index contributed by atoms with van der Waals surface area (Å²) in [6.45, 7) is 6.72. The number of fused-ring (bicyclic) bond motifs is 1. The van der Waals surface area contributed by atoms with E-state index in [0.717, 1.165) is 35.8 Å². The van der Waals surface area contributed by atoms with E-state index in [9.17, 15) is 0 Å². The zero-order valence-electron chi connectivity index (χ0n) is 19.0. The molecule has 2 heterocycles. The second-order valence-electron chi connectivity index (χ2n) is 8.72. The number of hydrogen-bond donors (Lipinski definition) is 1. The van der Waals surface area contributed by atoms with Gasteiger partial charge in [-0.3, -0.25) is 0 Å². The van der Waals surface area contributed by atoms with E-state index in [4.69, 9.17) is 9.47 Å². The number of rotatable bonds is 6. The zero-order chi connectivity index (χ0) is 21.4. The van der Waals surface area contributed by atoms with Crippen LogP contribution >= 0.6 is 0 Å². The molecule has 5 heteroatoms. The van der Waals surface area contributed by atoms with Crippen LogP contribution in [-0.2, 0) is 0 Å². The van der Waals surface area contributed by atoms with Crippen molar-refractivity contribution in [2.45, 2.75) is 32.2 Å². The van der Waals surface area contributed by atoms with E-state index in [2.05, 4.69) is 73.1 Å². The highest BCUT2D eigenvalue weighted by atomic mass is 16.5. The standard InChI is InChI=1S/C25H33N3O2/c1-16(2)24-20-14-18(28-12-11-19(15-28)27(3)4)8-9-21(20)26-25(24)17-7-10-22(29-5)23(13-17)30-6/h7-10,13-14,16,19,26H,11-12,15H2,1-6H3. The summed E-state index contributed by atoms with van der Waals surface area (Å²) in [7, 11) is 7.70. The Hall–Kier alpha value is -2.66. The molecule has 1 aliphatic rings. The number of ether oxygens (including phenoxy) is 2. The van der Waals surface area contributed by atoms with E-state index in [1.807, 2.05) is 6.07 Å². The van der Waals surface area contributed by atoms with Crippen LogP contribution in [0.2, 0.25) is 0 Å². The predicted molar refractivity (Wildman–Crippen MR) is 125 cm³/mol. The first-order valence-electron chi connectivity index (χ1n) is 10.7. The van der Waals surface area contributed by atoms with E-state index in [1.165, 1.54) is 28.6 Å². The number of hydrogen-bond acceptors (Lipinski definition) is 4. The van der Waals surface area contributed by atoms with E-state index in [-0.39, 0.29) is 0 Å². The molecule has 1 N–H and O–H groups in total. The number of aromatic amines is 1. The fourth-order valence-corrected chi connectivity index (χ4v) is 4.61. The Balaban J connectivity index is 1.78. The SMILES string of the molecule is COc1ccc(-c2[nH]c3ccc(N4CCC(N(C)C)C4)cc3c2C(C)C)cc1OC. The van der Waals surface area contributed by atoms with Crippen LogP contribution < -0.4 is 14.4 Å². The molecule has 1 fully saturated rings. The van der Waals surface area contributed by atoms with E-state index < -0.39 is 0 Å². The van der Waals surface area contributed by atoms with Crippen LogP contribution in [0, 0.1) is 0 Å². The van der Waals surface area contributed by atoms with E-state index >= 15 is 0 Å². The van der Waals surface area contributed by atoms with Crippen molar-refractivity contribution in [2.24, 2.45) is 0 Å². The molecule has 0 spiro atoms. The van der Waals surface area contributed by atoms with Crippen LogP contribution in [0.25, 0.3) is 22.2 Å². The lowest BCUT2D eigenvalue weighted by molar-refractivity contribution is 0.315. The van der Waals surface area contributed by atoms with Crippen LogP contribution in [-0.4, -0.2) is 57.3 Å². The molecule has 1 unspecified atom stereocenters. The van der Waals surface area contributed by atoms with Crippen LogP contribution in [0.1, 0.15) is 31.7 Å². The summed E-state index contributed by atoms with van der Waals surface area (Å²) in [5.74, 6) is 1.89. The van der Waals surface area contributed by atoms with Crippen LogP contribution in [0.15, 0.2) is 36.4 Å². The molecular weight excluding hydrogens is 374 g/mol. The third-order valence-corrected chi connectivity index (χ3v) is 6.33. The summed E-state index contributed by atoms with van der Waals surface area (Å²) in [5.41, 5.74) is 6.11. The lowest BCUT2D eigenvalue weighted by Gasteiger charge is -2.22. The van der Waals surface area contributed by atoms with Crippen molar-refractivity contribution < 1.29 is 9.47 Å². The van der Waals surface area contributed by atoms with Crippen molar-refractivity contribution in [1.29, 1.82) is 0 Å². The summed E-state index contributed by atoms with van der Waals surface area (Å²) < 4.78 is 11.0. The maximum absolute atomic E-state index is 5.54. The lowest BCUT2D eigenvalue weighted by atomic mass is 9.95. The number of likely N-dealkylation sites (N-methyl/N-ethyl adjacent to an activating group) is 1. The molecule has 2 aromatic carbocycles. The average molecular weight is 408 g/mol.